The molecule has 1 aromatic heterocycles. The van der Waals surface area contributed by atoms with Crippen molar-refractivity contribution >= 4 is 26.5 Å². The summed E-state index contributed by atoms with van der Waals surface area (Å²) in [4.78, 5) is 14.5. The van der Waals surface area contributed by atoms with Crippen LogP contribution in [0.1, 0.15) is 12.8 Å². The largest absolute Gasteiger partial charge is 0.379 e. The molecule has 4 rings (SSSR count). The van der Waals surface area contributed by atoms with Gasteiger partial charge in [-0.25, -0.2) is 13.5 Å². The van der Waals surface area contributed by atoms with Crippen LogP contribution in [-0.4, -0.2) is 69.2 Å². The quantitative estimate of drug-likeness (QED) is 0.523. The third-order valence-corrected chi connectivity index (χ3v) is 6.89. The second-order valence-corrected chi connectivity index (χ2v) is 9.90. The number of sulfonamides is 1. The summed E-state index contributed by atoms with van der Waals surface area (Å²) in [6.07, 6.45) is 2.90. The van der Waals surface area contributed by atoms with E-state index in [1.807, 2.05) is 30.3 Å². The summed E-state index contributed by atoms with van der Waals surface area (Å²) in [5.74, 6) is 0. The molecule has 2 aromatic carbocycles. The number of rotatable bonds is 8. The second kappa shape index (κ2) is 9.81. The Morgan fingerprint density at radius 1 is 1.06 bits per heavy atom. The Morgan fingerprint density at radius 2 is 1.81 bits per heavy atom. The summed E-state index contributed by atoms with van der Waals surface area (Å²) >= 11 is 0. The lowest BCUT2D eigenvalue weighted by Gasteiger charge is -2.27. The molecule has 0 bridgehead atoms. The summed E-state index contributed by atoms with van der Waals surface area (Å²) < 4.78 is 32.0. The van der Waals surface area contributed by atoms with Gasteiger partial charge in [0.2, 0.25) is 10.0 Å². The summed E-state index contributed by atoms with van der Waals surface area (Å²) in [5, 5.41) is 8.06. The molecule has 1 aliphatic heterocycles. The van der Waals surface area contributed by atoms with Gasteiger partial charge >= 0.3 is 0 Å². The van der Waals surface area contributed by atoms with Crippen molar-refractivity contribution in [3.63, 3.8) is 0 Å². The van der Waals surface area contributed by atoms with E-state index in [-0.39, 0.29) is 5.56 Å². The molecule has 0 spiro atoms. The predicted octanol–water partition coefficient (Wildman–Crippen LogP) is 2.47. The maximum Gasteiger partial charge on any atom is 0.272 e. The third-order valence-electron chi connectivity index (χ3n) is 5.69. The molecule has 3 aromatic rings. The summed E-state index contributed by atoms with van der Waals surface area (Å²) in [6, 6.07) is 14.6. The molecule has 1 aliphatic rings. The van der Waals surface area contributed by atoms with Gasteiger partial charge in [-0.1, -0.05) is 30.3 Å². The highest BCUT2D eigenvalue weighted by molar-refractivity contribution is 7.92. The van der Waals surface area contributed by atoms with Crippen LogP contribution in [0.4, 0.5) is 5.69 Å². The number of ether oxygens (including phenoxy) is 1. The topological polar surface area (TPSA) is 95.6 Å². The number of aromatic amines is 1. The number of H-pyrrole nitrogens is 1. The van der Waals surface area contributed by atoms with Crippen molar-refractivity contribution in [2.75, 3.05) is 50.0 Å². The van der Waals surface area contributed by atoms with Crippen LogP contribution in [0, 0.1) is 0 Å². The zero-order valence-corrected chi connectivity index (χ0v) is 19.0. The molecule has 170 valence electrons. The molecule has 32 heavy (non-hydrogen) atoms. The van der Waals surface area contributed by atoms with Gasteiger partial charge < -0.3 is 4.74 Å². The standard InChI is InChI=1S/C23H28N4O4S/c1-32(29,30)27(12-5-4-11-26-13-15-31-16-14-26)19-8-6-7-18(17-19)22-20-9-2-3-10-21(20)23(28)25-24-22/h2-3,6-10,17H,4-5,11-16H2,1H3,(H,25,28). The molecule has 1 fully saturated rings. The maximum absolute atomic E-state index is 12.6. The fourth-order valence-electron chi connectivity index (χ4n) is 4.05. The van der Waals surface area contributed by atoms with Crippen molar-refractivity contribution in [3.05, 3.63) is 58.9 Å². The number of aromatic nitrogens is 2. The molecule has 0 saturated carbocycles. The fourth-order valence-corrected chi connectivity index (χ4v) is 5.00. The van der Waals surface area contributed by atoms with Gasteiger partial charge in [-0.05, 0) is 37.6 Å². The van der Waals surface area contributed by atoms with Crippen LogP contribution in [0.2, 0.25) is 0 Å². The van der Waals surface area contributed by atoms with E-state index in [0.717, 1.165) is 56.6 Å². The van der Waals surface area contributed by atoms with Gasteiger partial charge in [0, 0.05) is 30.6 Å². The molecule has 8 nitrogen and oxygen atoms in total. The number of morpholine rings is 1. The number of hydrogen-bond acceptors (Lipinski definition) is 6. The van der Waals surface area contributed by atoms with Crippen LogP contribution in [0.5, 0.6) is 0 Å². The first-order valence-electron chi connectivity index (χ1n) is 10.8. The van der Waals surface area contributed by atoms with Crippen LogP contribution in [0.15, 0.2) is 53.3 Å². The minimum absolute atomic E-state index is 0.251. The molecule has 1 N–H and O–H groups in total. The van der Waals surface area contributed by atoms with Crippen molar-refractivity contribution in [2.45, 2.75) is 12.8 Å². The predicted molar refractivity (Wildman–Crippen MR) is 126 cm³/mol. The Balaban J connectivity index is 1.55. The Morgan fingerprint density at radius 3 is 2.56 bits per heavy atom. The summed E-state index contributed by atoms with van der Waals surface area (Å²) in [5.41, 5.74) is 1.70. The molecule has 0 atom stereocenters. The van der Waals surface area contributed by atoms with Crippen molar-refractivity contribution < 1.29 is 13.2 Å². The van der Waals surface area contributed by atoms with Crippen LogP contribution < -0.4 is 9.86 Å². The van der Waals surface area contributed by atoms with Gasteiger partial charge in [-0.15, -0.1) is 0 Å². The van der Waals surface area contributed by atoms with Gasteiger partial charge in [-0.3, -0.25) is 14.0 Å². The molecule has 0 radical (unpaired) electrons. The van der Waals surface area contributed by atoms with E-state index < -0.39 is 10.0 Å². The zero-order valence-electron chi connectivity index (χ0n) is 18.2. The van der Waals surface area contributed by atoms with E-state index in [1.54, 1.807) is 18.2 Å². The molecule has 9 heteroatoms. The minimum Gasteiger partial charge on any atom is -0.379 e. The first-order valence-corrected chi connectivity index (χ1v) is 12.6. The molecule has 0 amide bonds. The van der Waals surface area contributed by atoms with E-state index >= 15 is 0 Å². The highest BCUT2D eigenvalue weighted by Gasteiger charge is 2.19. The number of nitrogens with one attached hydrogen (secondary N) is 1. The van der Waals surface area contributed by atoms with E-state index in [1.165, 1.54) is 10.6 Å². The molecule has 0 aliphatic carbocycles. The Labute approximate surface area is 187 Å². The second-order valence-electron chi connectivity index (χ2n) is 7.99. The number of benzene rings is 2. The van der Waals surface area contributed by atoms with Gasteiger partial charge in [-0.2, -0.15) is 5.10 Å². The normalized spacial score (nSPS) is 15.2. The van der Waals surface area contributed by atoms with Crippen LogP contribution in [-0.2, 0) is 14.8 Å². The monoisotopic (exact) mass is 456 g/mol. The number of fused-ring (bicyclic) bond motifs is 1. The van der Waals surface area contributed by atoms with Crippen LogP contribution >= 0.6 is 0 Å². The lowest BCUT2D eigenvalue weighted by Crippen LogP contribution is -2.37. The Kier molecular flexibility index (Phi) is 6.88. The average Bonchev–Trinajstić information content (AvgIpc) is 2.79. The minimum atomic E-state index is -3.45. The van der Waals surface area contributed by atoms with Crippen molar-refractivity contribution in [1.29, 1.82) is 0 Å². The van der Waals surface area contributed by atoms with E-state index in [2.05, 4.69) is 15.1 Å². The lowest BCUT2D eigenvalue weighted by molar-refractivity contribution is 0.0373. The molecule has 1 saturated heterocycles. The van der Waals surface area contributed by atoms with Gasteiger partial charge in [0.25, 0.3) is 5.56 Å². The molecular formula is C23H28N4O4S. The van der Waals surface area contributed by atoms with Gasteiger partial charge in [0.05, 0.1) is 36.2 Å². The first-order chi connectivity index (χ1) is 15.4. The number of anilines is 1. The third kappa shape index (κ3) is 5.17. The molecule has 0 unspecified atom stereocenters. The van der Waals surface area contributed by atoms with Crippen LogP contribution in [0.25, 0.3) is 22.0 Å². The first kappa shape index (κ1) is 22.4. The highest BCUT2D eigenvalue weighted by Crippen LogP contribution is 2.28. The molecular weight excluding hydrogens is 428 g/mol. The number of nitrogens with zero attached hydrogens (tertiary/aromatic N) is 3. The number of hydrogen-bond donors (Lipinski definition) is 1. The highest BCUT2D eigenvalue weighted by atomic mass is 32.2. The van der Waals surface area contributed by atoms with Gasteiger partial charge in [0.15, 0.2) is 0 Å². The van der Waals surface area contributed by atoms with Crippen molar-refractivity contribution in [3.8, 4) is 11.3 Å². The zero-order chi connectivity index (χ0) is 22.6. The van der Waals surface area contributed by atoms with Crippen molar-refractivity contribution in [2.24, 2.45) is 0 Å². The van der Waals surface area contributed by atoms with Crippen LogP contribution in [0.3, 0.4) is 0 Å². The van der Waals surface area contributed by atoms with E-state index in [4.69, 9.17) is 4.74 Å². The molecule has 2 heterocycles. The summed E-state index contributed by atoms with van der Waals surface area (Å²) in [6.45, 7) is 4.72. The smallest absolute Gasteiger partial charge is 0.272 e. The van der Waals surface area contributed by atoms with E-state index in [0.29, 0.717) is 23.3 Å². The van der Waals surface area contributed by atoms with Crippen molar-refractivity contribution in [1.82, 2.24) is 15.1 Å². The average molecular weight is 457 g/mol. The number of unbranched alkanes of at least 4 members (excludes halogenated alkanes) is 1. The summed E-state index contributed by atoms with van der Waals surface area (Å²) in [7, 11) is -3.45. The SMILES string of the molecule is CS(=O)(=O)N(CCCCN1CCOCC1)c1cccc(-c2n[nH]c(=O)c3ccccc23)c1. The Hall–Kier alpha value is -2.75. The van der Waals surface area contributed by atoms with E-state index in [9.17, 15) is 13.2 Å². The fraction of sp³-hybridized carbons (Fsp3) is 0.391. The maximum atomic E-state index is 12.6. The van der Waals surface area contributed by atoms with Gasteiger partial charge in [0.1, 0.15) is 0 Å². The Bertz CT molecular complexity index is 1240. The lowest BCUT2D eigenvalue weighted by atomic mass is 10.0.